The molecule has 1 nitrogen and oxygen atoms in total. The molecule has 0 amide bonds. The first-order valence-corrected chi connectivity index (χ1v) is 16.9. The van der Waals surface area contributed by atoms with Crippen LogP contribution in [0.25, 0.3) is 33.0 Å². The van der Waals surface area contributed by atoms with Gasteiger partial charge in [0.1, 0.15) is 12.4 Å². The normalized spacial score (nSPS) is 14.9. The second kappa shape index (κ2) is 10.7. The van der Waals surface area contributed by atoms with Gasteiger partial charge in [-0.3, -0.25) is 0 Å². The maximum absolute atomic E-state index is 6.56. The van der Waals surface area contributed by atoms with Crippen LogP contribution in [0.2, 0.25) is 12.1 Å². The number of fused-ring (bicyclic) bond motifs is 4. The molecule has 4 aromatic rings. The SMILES string of the molecule is C=CCOc1c(-c2c(C(C)(C)C)ccc3c2C([Si](CC)CC)c2cc(C(C)(C)C)ccc2-3)ccc2ccccc12. The summed E-state index contributed by atoms with van der Waals surface area (Å²) >= 11 is 0. The average molecular weight is 546 g/mol. The molecule has 4 aromatic carbocycles. The van der Waals surface area contributed by atoms with Crippen molar-refractivity contribution < 1.29 is 4.74 Å². The van der Waals surface area contributed by atoms with E-state index in [1.807, 2.05) is 6.08 Å². The summed E-state index contributed by atoms with van der Waals surface area (Å²) in [5.74, 6) is 0.976. The number of hydrogen-bond acceptors (Lipinski definition) is 1. The van der Waals surface area contributed by atoms with Gasteiger partial charge in [-0.1, -0.05) is 141 Å². The third-order valence-electron chi connectivity index (χ3n) is 8.67. The Morgan fingerprint density at radius 2 is 1.48 bits per heavy atom. The first kappa shape index (κ1) is 28.4. The summed E-state index contributed by atoms with van der Waals surface area (Å²) in [5.41, 5.74) is 11.9. The average Bonchev–Trinajstić information content (AvgIpc) is 3.25. The fourth-order valence-electron chi connectivity index (χ4n) is 6.56. The van der Waals surface area contributed by atoms with E-state index in [1.165, 1.54) is 56.4 Å². The van der Waals surface area contributed by atoms with Crippen molar-refractivity contribution in [1.29, 1.82) is 0 Å². The van der Waals surface area contributed by atoms with Gasteiger partial charge in [0.2, 0.25) is 0 Å². The molecule has 0 N–H and O–H groups in total. The zero-order valence-electron chi connectivity index (χ0n) is 25.7. The van der Waals surface area contributed by atoms with Crippen LogP contribution in [0.5, 0.6) is 5.75 Å². The minimum absolute atomic E-state index is 0.0209. The molecule has 1 aliphatic rings. The quantitative estimate of drug-likeness (QED) is 0.166. The molecule has 0 fully saturated rings. The highest BCUT2D eigenvalue weighted by Crippen LogP contribution is 2.55. The van der Waals surface area contributed by atoms with E-state index < -0.39 is 8.80 Å². The lowest BCUT2D eigenvalue weighted by Crippen LogP contribution is -2.24. The van der Waals surface area contributed by atoms with E-state index in [2.05, 4.69) is 129 Å². The summed E-state index contributed by atoms with van der Waals surface area (Å²) in [4.78, 5) is 0. The smallest absolute Gasteiger partial charge is 0.135 e. The molecular weight excluding hydrogens is 501 g/mol. The summed E-state index contributed by atoms with van der Waals surface area (Å²) in [6, 6.07) is 27.8. The van der Waals surface area contributed by atoms with Crippen LogP contribution in [-0.4, -0.2) is 15.4 Å². The zero-order valence-corrected chi connectivity index (χ0v) is 26.7. The molecule has 40 heavy (non-hydrogen) atoms. The lowest BCUT2D eigenvalue weighted by Gasteiger charge is -2.31. The van der Waals surface area contributed by atoms with Gasteiger partial charge < -0.3 is 4.74 Å². The van der Waals surface area contributed by atoms with Gasteiger partial charge in [-0.05, 0) is 61.2 Å². The Labute approximate surface area is 243 Å². The van der Waals surface area contributed by atoms with E-state index in [4.69, 9.17) is 4.74 Å². The first-order chi connectivity index (χ1) is 19.0. The van der Waals surface area contributed by atoms with Crippen molar-refractivity contribution in [2.75, 3.05) is 6.61 Å². The van der Waals surface area contributed by atoms with Crippen molar-refractivity contribution >= 4 is 19.6 Å². The molecule has 0 saturated heterocycles. The fraction of sp³-hybridized carbons (Fsp3) is 0.368. The highest BCUT2D eigenvalue weighted by Gasteiger charge is 2.39. The van der Waals surface area contributed by atoms with Gasteiger partial charge in [0.15, 0.2) is 0 Å². The van der Waals surface area contributed by atoms with Crippen LogP contribution in [0.15, 0.2) is 79.4 Å². The minimum atomic E-state index is -0.705. The van der Waals surface area contributed by atoms with E-state index in [1.54, 1.807) is 5.56 Å². The van der Waals surface area contributed by atoms with Crippen molar-refractivity contribution in [1.82, 2.24) is 0 Å². The molecule has 1 radical (unpaired) electrons. The summed E-state index contributed by atoms with van der Waals surface area (Å²) in [7, 11) is -0.705. The minimum Gasteiger partial charge on any atom is -0.488 e. The van der Waals surface area contributed by atoms with Crippen molar-refractivity contribution in [3.63, 3.8) is 0 Å². The van der Waals surface area contributed by atoms with Crippen LogP contribution in [0, 0.1) is 0 Å². The summed E-state index contributed by atoms with van der Waals surface area (Å²) in [6.07, 6.45) is 1.85. The second-order valence-corrected chi connectivity index (χ2v) is 16.6. The zero-order chi connectivity index (χ0) is 28.8. The molecule has 1 aliphatic carbocycles. The Balaban J connectivity index is 1.91. The van der Waals surface area contributed by atoms with Crippen LogP contribution in [0.1, 0.15) is 83.2 Å². The second-order valence-electron chi connectivity index (χ2n) is 13.3. The third-order valence-corrected chi connectivity index (χ3v) is 11.9. The predicted octanol–water partition coefficient (Wildman–Crippen LogP) is 10.9. The van der Waals surface area contributed by atoms with Crippen LogP contribution in [0.3, 0.4) is 0 Å². The van der Waals surface area contributed by atoms with Crippen molar-refractivity contribution in [3.8, 4) is 28.0 Å². The summed E-state index contributed by atoms with van der Waals surface area (Å²) in [6.45, 7) is 23.3. The fourth-order valence-corrected chi connectivity index (χ4v) is 9.26. The van der Waals surface area contributed by atoms with Crippen molar-refractivity contribution in [3.05, 3.63) is 102 Å². The van der Waals surface area contributed by atoms with Crippen LogP contribution in [-0.2, 0) is 10.8 Å². The molecule has 1 atom stereocenters. The van der Waals surface area contributed by atoms with Gasteiger partial charge in [-0.15, -0.1) is 0 Å². The number of hydrogen-bond donors (Lipinski definition) is 0. The Bertz CT molecular complexity index is 1560. The highest BCUT2D eigenvalue weighted by atomic mass is 28.3. The van der Waals surface area contributed by atoms with Crippen LogP contribution in [0.4, 0.5) is 0 Å². The van der Waals surface area contributed by atoms with Crippen LogP contribution >= 0.6 is 0 Å². The van der Waals surface area contributed by atoms with Gasteiger partial charge in [-0.25, -0.2) is 0 Å². The van der Waals surface area contributed by atoms with E-state index >= 15 is 0 Å². The van der Waals surface area contributed by atoms with E-state index in [0.29, 0.717) is 12.1 Å². The third kappa shape index (κ3) is 4.85. The van der Waals surface area contributed by atoms with Gasteiger partial charge >= 0.3 is 0 Å². The molecule has 0 spiro atoms. The highest BCUT2D eigenvalue weighted by molar-refractivity contribution is 6.62. The van der Waals surface area contributed by atoms with Crippen molar-refractivity contribution in [2.45, 2.75) is 83.8 Å². The maximum Gasteiger partial charge on any atom is 0.135 e. The first-order valence-electron chi connectivity index (χ1n) is 14.9. The van der Waals surface area contributed by atoms with Gasteiger partial charge in [-0.2, -0.15) is 0 Å². The predicted molar refractivity (Wildman–Crippen MR) is 176 cm³/mol. The molecular formula is C38H45OSi. The number of benzene rings is 4. The monoisotopic (exact) mass is 545 g/mol. The largest absolute Gasteiger partial charge is 0.488 e. The van der Waals surface area contributed by atoms with E-state index in [9.17, 15) is 0 Å². The molecule has 207 valence electrons. The molecule has 2 heteroatoms. The molecule has 1 unspecified atom stereocenters. The number of rotatable bonds is 7. The summed E-state index contributed by atoms with van der Waals surface area (Å²) < 4.78 is 6.56. The molecule has 0 bridgehead atoms. The standard InChI is InChI=1S/C38H45OSi/c1-10-23-39-35-27-16-14-13-15-25(27)17-19-30(35)33-32(38(7,8)9)22-21-29-28-20-18-26(37(4,5)6)24-31(28)36(34(29)33)40(11-2)12-3/h10,13-22,24,36H,1,11-12,23H2,2-9H3. The molecule has 0 heterocycles. The molecule has 0 aromatic heterocycles. The van der Waals surface area contributed by atoms with Gasteiger partial charge in [0.25, 0.3) is 0 Å². The van der Waals surface area contributed by atoms with Gasteiger partial charge in [0.05, 0.1) is 8.80 Å². The lowest BCUT2D eigenvalue weighted by atomic mass is 9.78. The lowest BCUT2D eigenvalue weighted by molar-refractivity contribution is 0.369. The maximum atomic E-state index is 6.56. The van der Waals surface area contributed by atoms with Crippen molar-refractivity contribution in [2.24, 2.45) is 0 Å². The Morgan fingerprint density at radius 1 is 0.800 bits per heavy atom. The summed E-state index contributed by atoms with van der Waals surface area (Å²) in [5, 5.41) is 2.37. The molecule has 0 saturated carbocycles. The molecule has 5 rings (SSSR count). The van der Waals surface area contributed by atoms with E-state index in [-0.39, 0.29) is 10.8 Å². The topological polar surface area (TPSA) is 9.23 Å². The van der Waals surface area contributed by atoms with Gasteiger partial charge in [0, 0.05) is 16.5 Å². The Hall–Kier alpha value is -3.10. The van der Waals surface area contributed by atoms with E-state index in [0.717, 1.165) is 11.1 Å². The van der Waals surface area contributed by atoms with Crippen LogP contribution < -0.4 is 4.74 Å². The Morgan fingerprint density at radius 3 is 2.12 bits per heavy atom. The number of ether oxygens (including phenoxy) is 1. The Kier molecular flexibility index (Phi) is 7.61. The molecule has 0 aliphatic heterocycles.